The maximum absolute atomic E-state index is 13.4. The molecule has 1 amide bonds. The van der Waals surface area contributed by atoms with Crippen molar-refractivity contribution in [1.82, 2.24) is 9.80 Å². The zero-order valence-electron chi connectivity index (χ0n) is 22.1. The van der Waals surface area contributed by atoms with Crippen LogP contribution in [-0.4, -0.2) is 53.5 Å². The molecule has 2 fully saturated rings. The number of halogens is 3. The van der Waals surface area contributed by atoms with Crippen LogP contribution in [0.2, 0.25) is 10.0 Å². The largest absolute Gasteiger partial charge is 0.385 e. The second-order valence-electron chi connectivity index (χ2n) is 11.1. The Morgan fingerprint density at radius 2 is 1.56 bits per heavy atom. The van der Waals surface area contributed by atoms with Crippen LogP contribution in [0.25, 0.3) is 0 Å². The van der Waals surface area contributed by atoms with Crippen molar-refractivity contribution in [3.8, 4) is 0 Å². The predicted molar refractivity (Wildman–Crippen MR) is 155 cm³/mol. The van der Waals surface area contributed by atoms with Gasteiger partial charge >= 0.3 is 0 Å². The molecule has 3 aromatic rings. The van der Waals surface area contributed by atoms with Gasteiger partial charge in [0.15, 0.2) is 0 Å². The maximum atomic E-state index is 13.4. The van der Waals surface area contributed by atoms with E-state index in [1.54, 1.807) is 12.1 Å². The van der Waals surface area contributed by atoms with Gasteiger partial charge in [0.1, 0.15) is 5.82 Å². The molecule has 0 aromatic heterocycles. The van der Waals surface area contributed by atoms with E-state index in [9.17, 15) is 14.3 Å². The molecule has 4 nitrogen and oxygen atoms in total. The maximum Gasteiger partial charge on any atom is 0.253 e. The summed E-state index contributed by atoms with van der Waals surface area (Å²) in [6.07, 6.45) is 5.03. The highest BCUT2D eigenvalue weighted by atomic mass is 35.5. The van der Waals surface area contributed by atoms with Crippen molar-refractivity contribution < 1.29 is 14.3 Å². The first-order valence-electron chi connectivity index (χ1n) is 13.8. The molecule has 0 radical (unpaired) electrons. The molecule has 0 saturated carbocycles. The Morgan fingerprint density at radius 3 is 2.26 bits per heavy atom. The fourth-order valence-electron chi connectivity index (χ4n) is 6.31. The molecule has 1 N–H and O–H groups in total. The van der Waals surface area contributed by atoms with E-state index in [2.05, 4.69) is 11.0 Å². The number of carbonyl (C=O) groups excluding carboxylic acids is 1. The van der Waals surface area contributed by atoms with E-state index < -0.39 is 5.60 Å². The molecule has 0 aliphatic carbocycles. The number of nitrogens with zero attached hydrogens (tertiary/aromatic N) is 2. The molecule has 0 spiro atoms. The van der Waals surface area contributed by atoms with Crippen molar-refractivity contribution in [2.75, 3.05) is 32.7 Å². The summed E-state index contributed by atoms with van der Waals surface area (Å²) in [5.74, 6) is -0.224. The molecule has 39 heavy (non-hydrogen) atoms. The number of amides is 1. The molecule has 1 atom stereocenters. The van der Waals surface area contributed by atoms with Gasteiger partial charge in [-0.1, -0.05) is 59.6 Å². The quantitative estimate of drug-likeness (QED) is 0.331. The average Bonchev–Trinajstić information content (AvgIpc) is 2.96. The van der Waals surface area contributed by atoms with E-state index in [0.29, 0.717) is 35.0 Å². The summed E-state index contributed by atoms with van der Waals surface area (Å²) in [5, 5.41) is 12.3. The number of hydrogen-bond donors (Lipinski definition) is 1. The van der Waals surface area contributed by atoms with Gasteiger partial charge in [0.2, 0.25) is 0 Å². The first kappa shape index (κ1) is 28.1. The summed E-state index contributed by atoms with van der Waals surface area (Å²) in [7, 11) is 0. The Labute approximate surface area is 240 Å². The fraction of sp³-hybridized carbons (Fsp3) is 0.406. The Hall–Kier alpha value is -2.44. The Morgan fingerprint density at radius 1 is 0.872 bits per heavy atom. The van der Waals surface area contributed by atoms with Gasteiger partial charge in [0.25, 0.3) is 5.91 Å². The molecular formula is C32H35Cl2FN2O2. The standard InChI is InChI=1S/C32H35Cl2FN2O2/c33-28-13-10-26(22-29(28)34)31(15-5-19-37(23-31)30(38)24-6-2-1-3-7-24)14-4-18-36-20-16-32(39,17-21-36)25-8-11-27(35)12-9-25/h1-3,6-13,22,39H,4-5,14-21,23H2. The molecule has 2 heterocycles. The SMILES string of the molecule is O=C(c1ccccc1)N1CCCC(CCCN2CCC(O)(c3ccc(F)cc3)CC2)(c2ccc(Cl)c(Cl)c2)C1. The Balaban J connectivity index is 1.27. The number of carbonyl (C=O) groups is 1. The van der Waals surface area contributed by atoms with Crippen molar-refractivity contribution in [3.63, 3.8) is 0 Å². The monoisotopic (exact) mass is 568 g/mol. The van der Waals surface area contributed by atoms with E-state index in [0.717, 1.165) is 63.0 Å². The van der Waals surface area contributed by atoms with Gasteiger partial charge in [-0.15, -0.1) is 0 Å². The van der Waals surface area contributed by atoms with Gasteiger partial charge in [0, 0.05) is 37.2 Å². The molecule has 2 aliphatic heterocycles. The van der Waals surface area contributed by atoms with Crippen LogP contribution in [0, 0.1) is 5.82 Å². The highest BCUT2D eigenvalue weighted by Gasteiger charge is 2.39. The summed E-state index contributed by atoms with van der Waals surface area (Å²) in [6.45, 7) is 3.86. The molecule has 0 bridgehead atoms. The van der Waals surface area contributed by atoms with Crippen molar-refractivity contribution in [2.45, 2.75) is 49.5 Å². The lowest BCUT2D eigenvalue weighted by molar-refractivity contribution is -0.0265. The van der Waals surface area contributed by atoms with Gasteiger partial charge in [-0.25, -0.2) is 4.39 Å². The van der Waals surface area contributed by atoms with Crippen LogP contribution in [-0.2, 0) is 11.0 Å². The van der Waals surface area contributed by atoms with Crippen molar-refractivity contribution in [2.24, 2.45) is 0 Å². The van der Waals surface area contributed by atoms with Crippen LogP contribution in [0.3, 0.4) is 0 Å². The zero-order chi connectivity index (χ0) is 27.5. The molecule has 2 aliphatic rings. The lowest BCUT2D eigenvalue weighted by Gasteiger charge is -2.44. The minimum absolute atomic E-state index is 0.0656. The molecule has 206 valence electrons. The van der Waals surface area contributed by atoms with Crippen LogP contribution in [0.5, 0.6) is 0 Å². The van der Waals surface area contributed by atoms with Crippen LogP contribution >= 0.6 is 23.2 Å². The van der Waals surface area contributed by atoms with Gasteiger partial charge < -0.3 is 14.9 Å². The minimum Gasteiger partial charge on any atom is -0.385 e. The summed E-state index contributed by atoms with van der Waals surface area (Å²) in [4.78, 5) is 17.8. The fourth-order valence-corrected chi connectivity index (χ4v) is 6.61. The third-order valence-corrected chi connectivity index (χ3v) is 9.35. The number of benzene rings is 3. The van der Waals surface area contributed by atoms with Crippen LogP contribution in [0.4, 0.5) is 4.39 Å². The molecule has 3 aromatic carbocycles. The molecule has 1 unspecified atom stereocenters. The lowest BCUT2D eigenvalue weighted by Crippen LogP contribution is -2.49. The van der Waals surface area contributed by atoms with Crippen LogP contribution in [0.15, 0.2) is 72.8 Å². The number of rotatable bonds is 7. The number of aliphatic hydroxyl groups is 1. The molecular weight excluding hydrogens is 534 g/mol. The van der Waals surface area contributed by atoms with E-state index in [-0.39, 0.29) is 17.1 Å². The average molecular weight is 570 g/mol. The van der Waals surface area contributed by atoms with Crippen molar-refractivity contribution in [3.05, 3.63) is 105 Å². The van der Waals surface area contributed by atoms with E-state index in [1.165, 1.54) is 12.1 Å². The van der Waals surface area contributed by atoms with Crippen LogP contribution < -0.4 is 0 Å². The third kappa shape index (κ3) is 6.33. The van der Waals surface area contributed by atoms with E-state index in [1.807, 2.05) is 47.4 Å². The summed E-state index contributed by atoms with van der Waals surface area (Å²) in [5.41, 5.74) is 1.51. The Bertz CT molecular complexity index is 1280. The second kappa shape index (κ2) is 12.0. The summed E-state index contributed by atoms with van der Waals surface area (Å²) < 4.78 is 13.4. The number of likely N-dealkylation sites (tertiary alicyclic amines) is 2. The predicted octanol–water partition coefficient (Wildman–Crippen LogP) is 7.07. The second-order valence-corrected chi connectivity index (χ2v) is 11.9. The van der Waals surface area contributed by atoms with Crippen LogP contribution in [0.1, 0.15) is 60.0 Å². The van der Waals surface area contributed by atoms with Gasteiger partial charge in [-0.3, -0.25) is 4.79 Å². The van der Waals surface area contributed by atoms with Crippen molar-refractivity contribution >= 4 is 29.1 Å². The first-order valence-corrected chi connectivity index (χ1v) is 14.5. The highest BCUT2D eigenvalue weighted by Crippen LogP contribution is 2.41. The van der Waals surface area contributed by atoms with Crippen molar-refractivity contribution in [1.29, 1.82) is 0 Å². The van der Waals surface area contributed by atoms with Gasteiger partial charge in [-0.05, 0) is 92.6 Å². The minimum atomic E-state index is -0.910. The van der Waals surface area contributed by atoms with E-state index in [4.69, 9.17) is 23.2 Å². The molecule has 5 rings (SSSR count). The normalized spacial score (nSPS) is 21.6. The first-order chi connectivity index (χ1) is 18.8. The summed E-state index contributed by atoms with van der Waals surface area (Å²) >= 11 is 12.7. The number of piperidine rings is 2. The van der Waals surface area contributed by atoms with Gasteiger partial charge in [0.05, 0.1) is 15.6 Å². The smallest absolute Gasteiger partial charge is 0.253 e. The van der Waals surface area contributed by atoms with Gasteiger partial charge in [-0.2, -0.15) is 0 Å². The number of hydrogen-bond acceptors (Lipinski definition) is 3. The topological polar surface area (TPSA) is 43.8 Å². The zero-order valence-corrected chi connectivity index (χ0v) is 23.6. The third-order valence-electron chi connectivity index (χ3n) is 8.61. The molecule has 7 heteroatoms. The molecule has 2 saturated heterocycles. The summed E-state index contributed by atoms with van der Waals surface area (Å²) in [6, 6.07) is 21.6. The highest BCUT2D eigenvalue weighted by molar-refractivity contribution is 6.42. The Kier molecular flexibility index (Phi) is 8.63. The lowest BCUT2D eigenvalue weighted by atomic mass is 9.70. The van der Waals surface area contributed by atoms with E-state index >= 15 is 0 Å².